The highest BCUT2D eigenvalue weighted by atomic mass is 32.2. The van der Waals surface area contributed by atoms with Gasteiger partial charge in [0.1, 0.15) is 5.66 Å². The summed E-state index contributed by atoms with van der Waals surface area (Å²) in [5.41, 5.74) is 5.66. The highest BCUT2D eigenvalue weighted by Gasteiger charge is 2.48. The molecular formula is C25H27N3O4S. The van der Waals surface area contributed by atoms with Crippen molar-refractivity contribution in [2.24, 2.45) is 5.73 Å². The molecule has 1 atom stereocenters. The number of likely N-dealkylation sites (tertiary alicyclic amines) is 1. The molecular weight excluding hydrogens is 438 g/mol. The Kier molecular flexibility index (Phi) is 5.99. The van der Waals surface area contributed by atoms with Crippen LogP contribution in [0.25, 0.3) is 10.8 Å². The van der Waals surface area contributed by atoms with Crippen LogP contribution in [0.1, 0.15) is 47.7 Å². The number of carbonyl (C=O) groups is 2. The van der Waals surface area contributed by atoms with E-state index in [0.29, 0.717) is 36.1 Å². The molecule has 0 saturated carbocycles. The molecule has 1 aliphatic rings. The fourth-order valence-electron chi connectivity index (χ4n) is 4.75. The second-order valence-electron chi connectivity index (χ2n) is 8.32. The molecule has 1 heterocycles. The van der Waals surface area contributed by atoms with Crippen molar-refractivity contribution in [3.63, 3.8) is 0 Å². The topological polar surface area (TPSA) is 110 Å². The van der Waals surface area contributed by atoms with Crippen molar-refractivity contribution in [3.8, 4) is 0 Å². The van der Waals surface area contributed by atoms with Gasteiger partial charge in [0.25, 0.3) is 0 Å². The average molecular weight is 466 g/mol. The number of nitrogens with two attached hydrogens (primary N) is 1. The number of carbonyl (C=O) groups excluding carboxylic acids is 2. The third-order valence-electron chi connectivity index (χ3n) is 6.36. The first-order valence-corrected chi connectivity index (χ1v) is 12.4. The van der Waals surface area contributed by atoms with Crippen LogP contribution in [0.3, 0.4) is 0 Å². The van der Waals surface area contributed by atoms with E-state index < -0.39 is 21.6 Å². The largest absolute Gasteiger partial charge is 0.366 e. The van der Waals surface area contributed by atoms with Gasteiger partial charge in [-0.15, -0.1) is 0 Å². The molecule has 0 aliphatic carbocycles. The Labute approximate surface area is 193 Å². The molecule has 0 aromatic heterocycles. The van der Waals surface area contributed by atoms with Crippen LogP contribution in [0.15, 0.2) is 65.6 Å². The number of primary amides is 1. The zero-order chi connectivity index (χ0) is 23.8. The van der Waals surface area contributed by atoms with Crippen LogP contribution in [-0.2, 0) is 20.5 Å². The van der Waals surface area contributed by atoms with E-state index in [2.05, 4.69) is 4.72 Å². The second kappa shape index (κ2) is 8.61. The molecule has 7 nitrogen and oxygen atoms in total. The lowest BCUT2D eigenvalue weighted by molar-refractivity contribution is -0.135. The maximum absolute atomic E-state index is 13.7. The lowest BCUT2D eigenvalue weighted by Gasteiger charge is -2.40. The molecule has 33 heavy (non-hydrogen) atoms. The summed E-state index contributed by atoms with van der Waals surface area (Å²) >= 11 is 0. The summed E-state index contributed by atoms with van der Waals surface area (Å²) in [6.45, 7) is 3.89. The van der Waals surface area contributed by atoms with E-state index in [1.807, 2.05) is 24.3 Å². The van der Waals surface area contributed by atoms with E-state index in [0.717, 1.165) is 10.8 Å². The Morgan fingerprint density at radius 3 is 2.48 bits per heavy atom. The van der Waals surface area contributed by atoms with Gasteiger partial charge in [-0.25, -0.2) is 8.42 Å². The smallest absolute Gasteiger partial charge is 0.248 e. The third-order valence-corrected chi connectivity index (χ3v) is 7.84. The van der Waals surface area contributed by atoms with Crippen molar-refractivity contribution in [2.75, 3.05) is 6.54 Å². The Balaban J connectivity index is 1.88. The minimum atomic E-state index is -4.03. The molecule has 0 bridgehead atoms. The summed E-state index contributed by atoms with van der Waals surface area (Å²) in [6, 6.07) is 17.5. The fraction of sp³-hybridized carbons (Fsp3) is 0.280. The summed E-state index contributed by atoms with van der Waals surface area (Å²) in [7, 11) is -4.03. The molecule has 172 valence electrons. The van der Waals surface area contributed by atoms with Crippen LogP contribution in [0, 0.1) is 6.92 Å². The maximum atomic E-state index is 13.7. The molecule has 3 aromatic rings. The van der Waals surface area contributed by atoms with Crippen LogP contribution < -0.4 is 10.5 Å². The molecule has 3 aromatic carbocycles. The van der Waals surface area contributed by atoms with Gasteiger partial charge in [0.2, 0.25) is 21.8 Å². The molecule has 0 spiro atoms. The number of rotatable bonds is 6. The van der Waals surface area contributed by atoms with Gasteiger partial charge in [-0.2, -0.15) is 4.72 Å². The van der Waals surface area contributed by atoms with Gasteiger partial charge in [0.15, 0.2) is 0 Å². The molecule has 1 fully saturated rings. The normalized spacial score (nSPS) is 18.5. The lowest BCUT2D eigenvalue weighted by Crippen LogP contribution is -2.56. The third kappa shape index (κ3) is 4.00. The number of hydrogen-bond donors (Lipinski definition) is 2. The van der Waals surface area contributed by atoms with E-state index in [-0.39, 0.29) is 17.2 Å². The molecule has 1 unspecified atom stereocenters. The van der Waals surface area contributed by atoms with Crippen LogP contribution >= 0.6 is 0 Å². The highest BCUT2D eigenvalue weighted by Crippen LogP contribution is 2.40. The minimum Gasteiger partial charge on any atom is -0.366 e. The van der Waals surface area contributed by atoms with Crippen molar-refractivity contribution in [1.29, 1.82) is 0 Å². The van der Waals surface area contributed by atoms with Crippen LogP contribution in [0.4, 0.5) is 0 Å². The Bertz CT molecular complexity index is 1350. The summed E-state index contributed by atoms with van der Waals surface area (Å²) in [5.74, 6) is -0.772. The zero-order valence-corrected chi connectivity index (χ0v) is 19.5. The van der Waals surface area contributed by atoms with Crippen LogP contribution in [-0.4, -0.2) is 31.7 Å². The van der Waals surface area contributed by atoms with E-state index in [1.165, 1.54) is 0 Å². The summed E-state index contributed by atoms with van der Waals surface area (Å²) < 4.78 is 30.2. The number of nitrogens with zero attached hydrogens (tertiary/aromatic N) is 1. The van der Waals surface area contributed by atoms with Gasteiger partial charge in [0, 0.05) is 18.5 Å². The molecule has 4 rings (SSSR count). The SMILES string of the molecule is CCC(=O)N1CCCC1(NS(=O)(=O)c1ccc2ccccc2c1)c1cccc(C(N)=O)c1C. The van der Waals surface area contributed by atoms with Crippen molar-refractivity contribution < 1.29 is 18.0 Å². The monoisotopic (exact) mass is 465 g/mol. The van der Waals surface area contributed by atoms with E-state index in [4.69, 9.17) is 5.73 Å². The van der Waals surface area contributed by atoms with Gasteiger partial charge in [-0.1, -0.05) is 49.4 Å². The number of fused-ring (bicyclic) bond motifs is 1. The molecule has 8 heteroatoms. The van der Waals surface area contributed by atoms with E-state index >= 15 is 0 Å². The predicted molar refractivity (Wildman–Crippen MR) is 127 cm³/mol. The molecule has 3 N–H and O–H groups in total. The van der Waals surface area contributed by atoms with Crippen molar-refractivity contribution in [3.05, 3.63) is 77.4 Å². The first-order valence-electron chi connectivity index (χ1n) is 10.9. The first-order chi connectivity index (χ1) is 15.7. The number of benzene rings is 3. The fourth-order valence-corrected chi connectivity index (χ4v) is 6.17. The minimum absolute atomic E-state index is 0.111. The van der Waals surface area contributed by atoms with Crippen LogP contribution in [0.2, 0.25) is 0 Å². The van der Waals surface area contributed by atoms with Crippen molar-refractivity contribution >= 4 is 32.6 Å². The number of sulfonamides is 1. The number of hydrogen-bond acceptors (Lipinski definition) is 4. The standard InChI is InChI=1S/C25H27N3O4S/c1-3-23(29)28-15-7-14-25(28,22-11-6-10-21(17(22)2)24(26)30)27-33(31,32)20-13-12-18-8-4-5-9-19(18)16-20/h4-6,8-13,16,27H,3,7,14-15H2,1-2H3,(H2,26,30). The summed E-state index contributed by atoms with van der Waals surface area (Å²) in [4.78, 5) is 26.6. The second-order valence-corrected chi connectivity index (χ2v) is 10.0. The molecule has 2 amide bonds. The Hall–Kier alpha value is -3.23. The van der Waals surface area contributed by atoms with Gasteiger partial charge in [0.05, 0.1) is 4.90 Å². The first kappa shape index (κ1) is 22.9. The van der Waals surface area contributed by atoms with E-state index in [1.54, 1.807) is 55.1 Å². The van der Waals surface area contributed by atoms with Crippen molar-refractivity contribution in [1.82, 2.24) is 9.62 Å². The Morgan fingerprint density at radius 1 is 1.06 bits per heavy atom. The van der Waals surface area contributed by atoms with Gasteiger partial charge in [-0.05, 0) is 59.9 Å². The zero-order valence-electron chi connectivity index (χ0n) is 18.7. The lowest BCUT2D eigenvalue weighted by atomic mass is 9.90. The van der Waals surface area contributed by atoms with E-state index in [9.17, 15) is 18.0 Å². The summed E-state index contributed by atoms with van der Waals surface area (Å²) in [6.07, 6.45) is 1.23. The van der Waals surface area contributed by atoms with Crippen molar-refractivity contribution in [2.45, 2.75) is 43.7 Å². The molecule has 1 aliphatic heterocycles. The number of amides is 2. The predicted octanol–water partition coefficient (Wildman–Crippen LogP) is 3.41. The van der Waals surface area contributed by atoms with Crippen LogP contribution in [0.5, 0.6) is 0 Å². The Morgan fingerprint density at radius 2 is 1.79 bits per heavy atom. The molecule has 1 saturated heterocycles. The highest BCUT2D eigenvalue weighted by molar-refractivity contribution is 7.89. The van der Waals surface area contributed by atoms with Gasteiger partial charge in [-0.3, -0.25) is 9.59 Å². The number of nitrogens with one attached hydrogen (secondary N) is 1. The maximum Gasteiger partial charge on any atom is 0.248 e. The van der Waals surface area contributed by atoms with Gasteiger partial charge < -0.3 is 10.6 Å². The van der Waals surface area contributed by atoms with Gasteiger partial charge >= 0.3 is 0 Å². The quantitative estimate of drug-likeness (QED) is 0.581. The molecule has 0 radical (unpaired) electrons. The summed E-state index contributed by atoms with van der Waals surface area (Å²) in [5, 5.41) is 1.73. The average Bonchev–Trinajstić information content (AvgIpc) is 3.21.